The lowest BCUT2D eigenvalue weighted by Crippen LogP contribution is -2.56. The van der Waals surface area contributed by atoms with Crippen molar-refractivity contribution in [2.24, 2.45) is 0 Å². The number of benzene rings is 3. The molecule has 47 heavy (non-hydrogen) atoms. The molecule has 0 aliphatic carbocycles. The van der Waals surface area contributed by atoms with E-state index in [-0.39, 0.29) is 6.54 Å². The molecule has 0 N–H and O–H groups in total. The van der Waals surface area contributed by atoms with E-state index in [2.05, 4.69) is 10.8 Å². The molecule has 1 aromatic heterocycles. The number of carbonyl (C=O) groups excluding carboxylic acids is 1. The Morgan fingerprint density at radius 3 is 2.38 bits per heavy atom. The van der Waals surface area contributed by atoms with Crippen molar-refractivity contribution < 1.29 is 41.0 Å². The Balaban J connectivity index is 1.38. The molecule has 2 fully saturated rings. The Bertz CT molecular complexity index is 1820. The minimum atomic E-state index is -4.88. The van der Waals surface area contributed by atoms with Crippen LogP contribution in [0.15, 0.2) is 72.8 Å². The fourth-order valence-electron chi connectivity index (χ4n) is 6.14. The third-order valence-corrected chi connectivity index (χ3v) is 8.44. The highest BCUT2D eigenvalue weighted by Crippen LogP contribution is 2.41. The molecule has 0 saturated carbocycles. The molecule has 1 amide bonds. The minimum absolute atomic E-state index is 0.0699. The van der Waals surface area contributed by atoms with Crippen molar-refractivity contribution in [1.82, 2.24) is 9.88 Å². The maximum atomic E-state index is 13.8. The number of ether oxygens (including phenoxy) is 3. The van der Waals surface area contributed by atoms with Gasteiger partial charge in [0, 0.05) is 11.1 Å². The molecular weight excluding hydrogens is 621 g/mol. The van der Waals surface area contributed by atoms with E-state index in [1.807, 2.05) is 44.2 Å². The van der Waals surface area contributed by atoms with E-state index in [0.29, 0.717) is 34.0 Å². The molecule has 2 aliphatic rings. The number of anilines is 1. The van der Waals surface area contributed by atoms with Crippen molar-refractivity contribution >= 4 is 11.9 Å². The number of cyclic esters (lactones) is 1. The topological polar surface area (TPSA) is 64.1 Å². The molecule has 246 valence electrons. The van der Waals surface area contributed by atoms with Crippen molar-refractivity contribution in [3.8, 4) is 33.8 Å². The summed E-state index contributed by atoms with van der Waals surface area (Å²) in [6.45, 7) is 4.73. The fraction of sp³-hybridized carbons (Fsp3) is 0.314. The second kappa shape index (κ2) is 12.1. The van der Waals surface area contributed by atoms with Crippen LogP contribution in [-0.2, 0) is 11.3 Å². The first-order chi connectivity index (χ1) is 22.2. The number of aryl methyl sites for hydroxylation is 2. The molecule has 0 radical (unpaired) electrons. The Morgan fingerprint density at radius 1 is 0.957 bits per heavy atom. The predicted octanol–water partition coefficient (Wildman–Crippen LogP) is 8.48. The second-order valence-electron chi connectivity index (χ2n) is 11.9. The summed E-state index contributed by atoms with van der Waals surface area (Å²) in [5, 5.41) is 0. The summed E-state index contributed by atoms with van der Waals surface area (Å²) in [7, 11) is 1.54. The first-order valence-electron chi connectivity index (χ1n) is 14.9. The normalized spacial score (nSPS) is 19.0. The summed E-state index contributed by atoms with van der Waals surface area (Å²) in [6, 6.07) is 20.0. The van der Waals surface area contributed by atoms with E-state index in [1.54, 1.807) is 32.2 Å². The number of carbonyl (C=O) groups is 1. The fourth-order valence-corrected chi connectivity index (χ4v) is 6.14. The number of methoxy groups -OCH3 is 1. The Labute approximate surface area is 268 Å². The van der Waals surface area contributed by atoms with Crippen molar-refractivity contribution in [2.45, 2.75) is 51.7 Å². The van der Waals surface area contributed by atoms with Gasteiger partial charge in [-0.2, -0.15) is 0 Å². The highest BCUT2D eigenvalue weighted by molar-refractivity contribution is 5.81. The highest BCUT2D eigenvalue weighted by Gasteiger charge is 2.45. The Morgan fingerprint density at radius 2 is 1.70 bits per heavy atom. The third-order valence-electron chi connectivity index (χ3n) is 8.44. The summed E-state index contributed by atoms with van der Waals surface area (Å²) in [5.74, 6) is -2.39. The SMILES string of the molecule is COc1ccc(-c2ccc(C)cc2C)cc1-c1ccc(N2CC(F)(F)C2)nc1CN1C(=O)OC(c2cccc(OC(F)(F)F)c2)C1C. The van der Waals surface area contributed by atoms with Gasteiger partial charge in [0.2, 0.25) is 0 Å². The molecule has 12 heteroatoms. The molecule has 3 heterocycles. The average molecular weight is 654 g/mol. The second-order valence-corrected chi connectivity index (χ2v) is 11.9. The van der Waals surface area contributed by atoms with Crippen LogP contribution >= 0.6 is 0 Å². The molecule has 2 atom stereocenters. The number of hydrogen-bond donors (Lipinski definition) is 0. The van der Waals surface area contributed by atoms with Gasteiger partial charge >= 0.3 is 12.5 Å². The molecule has 0 spiro atoms. The van der Waals surface area contributed by atoms with Crippen molar-refractivity contribution in [3.05, 3.63) is 95.2 Å². The average Bonchev–Trinajstić information content (AvgIpc) is 3.27. The number of nitrogens with zero attached hydrogens (tertiary/aromatic N) is 3. The van der Waals surface area contributed by atoms with Crippen molar-refractivity contribution in [1.29, 1.82) is 0 Å². The smallest absolute Gasteiger partial charge is 0.496 e. The van der Waals surface area contributed by atoms with Gasteiger partial charge in [0.25, 0.3) is 5.92 Å². The molecule has 2 aliphatic heterocycles. The van der Waals surface area contributed by atoms with Gasteiger partial charge in [-0.05, 0) is 79.4 Å². The number of alkyl halides is 5. The summed E-state index contributed by atoms with van der Waals surface area (Å²) < 4.78 is 81.7. The van der Waals surface area contributed by atoms with E-state index >= 15 is 0 Å². The Kier molecular flexibility index (Phi) is 8.23. The van der Waals surface area contributed by atoms with Gasteiger partial charge in [-0.15, -0.1) is 13.2 Å². The van der Waals surface area contributed by atoms with Crippen molar-refractivity contribution in [3.63, 3.8) is 0 Å². The quantitative estimate of drug-likeness (QED) is 0.178. The molecule has 2 unspecified atom stereocenters. The van der Waals surface area contributed by atoms with Gasteiger partial charge in [0.15, 0.2) is 0 Å². The highest BCUT2D eigenvalue weighted by atomic mass is 19.4. The summed E-state index contributed by atoms with van der Waals surface area (Å²) in [5.41, 5.74) is 6.18. The van der Waals surface area contributed by atoms with Gasteiger partial charge in [0.05, 0.1) is 38.5 Å². The van der Waals surface area contributed by atoms with Gasteiger partial charge in [-0.1, -0.05) is 42.0 Å². The molecule has 4 aromatic rings. The maximum absolute atomic E-state index is 13.8. The molecular formula is C35H32F5N3O4. The van der Waals surface area contributed by atoms with Crippen LogP contribution in [0, 0.1) is 13.8 Å². The zero-order valence-electron chi connectivity index (χ0n) is 26.1. The molecule has 6 rings (SSSR count). The number of halogens is 5. The third kappa shape index (κ3) is 6.68. The monoisotopic (exact) mass is 653 g/mol. The molecule has 2 saturated heterocycles. The lowest BCUT2D eigenvalue weighted by atomic mass is 9.94. The lowest BCUT2D eigenvalue weighted by molar-refractivity contribution is -0.274. The van der Waals surface area contributed by atoms with E-state index in [1.165, 1.54) is 21.9 Å². The van der Waals surface area contributed by atoms with Gasteiger partial charge < -0.3 is 19.1 Å². The summed E-state index contributed by atoms with van der Waals surface area (Å²) in [4.78, 5) is 20.9. The molecule has 7 nitrogen and oxygen atoms in total. The van der Waals surface area contributed by atoms with E-state index in [0.717, 1.165) is 28.3 Å². The zero-order valence-corrected chi connectivity index (χ0v) is 26.1. The molecule has 3 aromatic carbocycles. The van der Waals surface area contributed by atoms with Gasteiger partial charge in [0.1, 0.15) is 23.4 Å². The van der Waals surface area contributed by atoms with E-state index in [9.17, 15) is 26.7 Å². The van der Waals surface area contributed by atoms with Crippen LogP contribution in [0.4, 0.5) is 32.6 Å². The number of rotatable bonds is 8. The number of pyridine rings is 1. The maximum Gasteiger partial charge on any atom is 0.573 e. The Hall–Kier alpha value is -4.87. The number of hydrogen-bond acceptors (Lipinski definition) is 6. The zero-order chi connectivity index (χ0) is 33.7. The number of aromatic nitrogens is 1. The molecule has 0 bridgehead atoms. The first-order valence-corrected chi connectivity index (χ1v) is 14.9. The van der Waals surface area contributed by atoms with Crippen LogP contribution in [0.3, 0.4) is 0 Å². The minimum Gasteiger partial charge on any atom is -0.496 e. The van der Waals surface area contributed by atoms with Crippen molar-refractivity contribution in [2.75, 3.05) is 25.1 Å². The van der Waals surface area contributed by atoms with E-state index < -0.39 is 49.4 Å². The van der Waals surface area contributed by atoms with Crippen LogP contribution in [0.5, 0.6) is 11.5 Å². The van der Waals surface area contributed by atoms with Crippen LogP contribution < -0.4 is 14.4 Å². The van der Waals surface area contributed by atoms with Crippen LogP contribution in [0.1, 0.15) is 35.4 Å². The standard InChI is InChI=1S/C35H32F5N3O4/c1-20-8-10-26(21(2)14-20)23-9-12-30(45-4)28(16-23)27-11-13-31(42-18-34(36,37)19-42)41-29(27)17-43-22(3)32(46-33(43)44)24-6-5-7-25(15-24)47-35(38,39)40/h5-16,22,32H,17-19H2,1-4H3. The summed E-state index contributed by atoms with van der Waals surface area (Å²) >= 11 is 0. The predicted molar refractivity (Wildman–Crippen MR) is 166 cm³/mol. The van der Waals surface area contributed by atoms with Gasteiger partial charge in [-0.25, -0.2) is 18.6 Å². The first kappa shape index (κ1) is 32.1. The van der Waals surface area contributed by atoms with Crippen LogP contribution in [0.25, 0.3) is 22.3 Å². The van der Waals surface area contributed by atoms with Gasteiger partial charge in [-0.3, -0.25) is 4.90 Å². The largest absolute Gasteiger partial charge is 0.573 e. The number of amides is 1. The lowest BCUT2D eigenvalue weighted by Gasteiger charge is -2.39. The van der Waals surface area contributed by atoms with Crippen LogP contribution in [0.2, 0.25) is 0 Å². The van der Waals surface area contributed by atoms with E-state index in [4.69, 9.17) is 14.5 Å². The van der Waals surface area contributed by atoms with Crippen LogP contribution in [-0.4, -0.2) is 54.5 Å². The summed E-state index contributed by atoms with van der Waals surface area (Å²) in [6.07, 6.45) is -6.48.